The molecule has 0 aliphatic heterocycles. The number of aromatic nitrogens is 1. The van der Waals surface area contributed by atoms with Gasteiger partial charge in [0.25, 0.3) is 0 Å². The molecule has 132 valence electrons. The second kappa shape index (κ2) is 7.25. The summed E-state index contributed by atoms with van der Waals surface area (Å²) in [5.74, 6) is 1.78. The van der Waals surface area contributed by atoms with E-state index in [1.807, 2.05) is 25.1 Å². The molecule has 0 unspecified atom stereocenters. The number of amides is 1. The van der Waals surface area contributed by atoms with Crippen LogP contribution in [0.5, 0.6) is 5.75 Å². The summed E-state index contributed by atoms with van der Waals surface area (Å²) in [5, 5.41) is 10.7. The monoisotopic (exact) mass is 371 g/mol. The van der Waals surface area contributed by atoms with E-state index in [1.165, 1.54) is 17.4 Å². The van der Waals surface area contributed by atoms with Crippen LogP contribution in [0.3, 0.4) is 0 Å². The summed E-state index contributed by atoms with van der Waals surface area (Å²) >= 11 is 1.26. The average Bonchev–Trinajstić information content (AvgIpc) is 3.21. The fourth-order valence-electron chi connectivity index (χ4n) is 2.32. The minimum absolute atomic E-state index is 0.212. The van der Waals surface area contributed by atoms with Gasteiger partial charge >= 0.3 is 11.8 Å². The molecule has 1 amide bonds. The van der Waals surface area contributed by atoms with Crippen LogP contribution in [0.15, 0.2) is 39.7 Å². The van der Waals surface area contributed by atoms with E-state index in [9.17, 15) is 14.9 Å². The molecule has 3 rings (SSSR count). The van der Waals surface area contributed by atoms with Crippen LogP contribution in [0.2, 0.25) is 0 Å². The summed E-state index contributed by atoms with van der Waals surface area (Å²) in [6.07, 6.45) is 5.42. The molecule has 3 aromatic rings. The van der Waals surface area contributed by atoms with Crippen molar-refractivity contribution < 1.29 is 18.9 Å². The number of ether oxygens (including phenoxy) is 1. The van der Waals surface area contributed by atoms with Gasteiger partial charge in [0.15, 0.2) is 4.80 Å². The first-order chi connectivity index (χ1) is 12.5. The molecule has 0 saturated heterocycles. The van der Waals surface area contributed by atoms with Gasteiger partial charge in [-0.2, -0.15) is 4.99 Å². The van der Waals surface area contributed by atoms with Crippen LogP contribution >= 0.6 is 11.3 Å². The lowest BCUT2D eigenvalue weighted by Crippen LogP contribution is -2.16. The Morgan fingerprint density at radius 1 is 1.46 bits per heavy atom. The van der Waals surface area contributed by atoms with Gasteiger partial charge in [-0.1, -0.05) is 17.3 Å². The third-order valence-electron chi connectivity index (χ3n) is 3.39. The Bertz CT molecular complexity index is 1100. The van der Waals surface area contributed by atoms with E-state index in [2.05, 4.69) is 10.9 Å². The van der Waals surface area contributed by atoms with Gasteiger partial charge < -0.3 is 13.7 Å². The summed E-state index contributed by atoms with van der Waals surface area (Å²) in [6.45, 7) is 2.64. The molecule has 1 aromatic carbocycles. The Morgan fingerprint density at radius 2 is 2.27 bits per heavy atom. The molecule has 0 aliphatic rings. The number of benzene rings is 1. The molecule has 0 bridgehead atoms. The fourth-order valence-corrected chi connectivity index (χ4v) is 3.38. The molecule has 0 fully saturated rings. The van der Waals surface area contributed by atoms with Crippen molar-refractivity contribution in [2.24, 2.45) is 4.99 Å². The first kappa shape index (κ1) is 17.4. The molecule has 0 spiro atoms. The molecular weight excluding hydrogens is 358 g/mol. The van der Waals surface area contributed by atoms with Gasteiger partial charge in [-0.3, -0.25) is 14.9 Å². The average molecular weight is 371 g/mol. The maximum Gasteiger partial charge on any atom is 0.433 e. The molecule has 0 atom stereocenters. The van der Waals surface area contributed by atoms with E-state index in [0.29, 0.717) is 17.2 Å². The lowest BCUT2D eigenvalue weighted by Gasteiger charge is -2.03. The number of carbonyl (C=O) groups is 1. The van der Waals surface area contributed by atoms with Crippen molar-refractivity contribution >= 4 is 33.3 Å². The minimum atomic E-state index is -0.722. The minimum Gasteiger partial charge on any atom is -0.494 e. The first-order valence-electron chi connectivity index (χ1n) is 7.56. The van der Waals surface area contributed by atoms with Crippen molar-refractivity contribution in [1.29, 1.82) is 0 Å². The molecule has 0 N–H and O–H groups in total. The summed E-state index contributed by atoms with van der Waals surface area (Å²) in [5.41, 5.74) is 0.813. The van der Waals surface area contributed by atoms with Crippen LogP contribution < -0.4 is 9.54 Å². The standard InChI is InChI=1S/C17H13N3O5S/c1-3-9-19-12-6-5-11(24-4-2)10-14(12)26-17(19)18-16(21)13-7-8-15(25-13)20(22)23/h1,5-8,10H,4,9H2,2H3. The maximum absolute atomic E-state index is 12.3. The van der Waals surface area contributed by atoms with Crippen molar-refractivity contribution in [3.63, 3.8) is 0 Å². The van der Waals surface area contributed by atoms with Gasteiger partial charge in [0.05, 0.1) is 29.4 Å². The van der Waals surface area contributed by atoms with E-state index in [1.54, 1.807) is 4.57 Å². The number of hydrogen-bond donors (Lipinski definition) is 0. The normalized spacial score (nSPS) is 11.5. The predicted molar refractivity (Wildman–Crippen MR) is 95.1 cm³/mol. The van der Waals surface area contributed by atoms with Crippen molar-refractivity contribution in [1.82, 2.24) is 4.57 Å². The lowest BCUT2D eigenvalue weighted by molar-refractivity contribution is -0.402. The third-order valence-corrected chi connectivity index (χ3v) is 4.44. The van der Waals surface area contributed by atoms with Crippen LogP contribution in [0.1, 0.15) is 17.5 Å². The number of fused-ring (bicyclic) bond motifs is 1. The highest BCUT2D eigenvalue weighted by Gasteiger charge is 2.17. The number of nitro groups is 1. The largest absolute Gasteiger partial charge is 0.494 e. The molecule has 0 aliphatic carbocycles. The number of nitrogens with zero attached hydrogens (tertiary/aromatic N) is 3. The topological polar surface area (TPSA) is 99.9 Å². The van der Waals surface area contributed by atoms with E-state index in [4.69, 9.17) is 15.6 Å². The van der Waals surface area contributed by atoms with Gasteiger partial charge in [-0.05, 0) is 31.2 Å². The molecule has 26 heavy (non-hydrogen) atoms. The van der Waals surface area contributed by atoms with Gasteiger partial charge in [0, 0.05) is 0 Å². The summed E-state index contributed by atoms with van der Waals surface area (Å²) in [4.78, 5) is 26.6. The Morgan fingerprint density at radius 3 is 2.92 bits per heavy atom. The molecule has 0 radical (unpaired) electrons. The van der Waals surface area contributed by atoms with E-state index < -0.39 is 16.7 Å². The van der Waals surface area contributed by atoms with Crippen molar-refractivity contribution in [2.75, 3.05) is 6.61 Å². The van der Waals surface area contributed by atoms with E-state index in [0.717, 1.165) is 16.3 Å². The first-order valence-corrected chi connectivity index (χ1v) is 8.38. The van der Waals surface area contributed by atoms with Gasteiger partial charge in [0.1, 0.15) is 10.7 Å². The maximum atomic E-state index is 12.3. The van der Waals surface area contributed by atoms with Crippen LogP contribution in [0.25, 0.3) is 10.2 Å². The molecule has 9 heteroatoms. The number of furan rings is 1. The second-order valence-corrected chi connectivity index (χ2v) is 6.06. The van der Waals surface area contributed by atoms with Crippen LogP contribution in [-0.4, -0.2) is 22.0 Å². The SMILES string of the molecule is C#CCn1c(=NC(=O)c2ccc([N+](=O)[O-])o2)sc2cc(OCC)ccc21. The zero-order valence-electron chi connectivity index (χ0n) is 13.7. The van der Waals surface area contributed by atoms with Gasteiger partial charge in [-0.25, -0.2) is 0 Å². The molecule has 2 aromatic heterocycles. The van der Waals surface area contributed by atoms with Crippen molar-refractivity contribution in [3.8, 4) is 18.1 Å². The third kappa shape index (κ3) is 3.36. The van der Waals surface area contributed by atoms with Crippen molar-refractivity contribution in [3.05, 3.63) is 51.0 Å². The highest BCUT2D eigenvalue weighted by molar-refractivity contribution is 7.16. The number of terminal acetylenes is 1. The lowest BCUT2D eigenvalue weighted by atomic mass is 10.3. The molecular formula is C17H13N3O5S. The quantitative estimate of drug-likeness (QED) is 0.390. The number of carbonyl (C=O) groups excluding carboxylic acids is 1. The Kier molecular flexibility index (Phi) is 4.86. The number of rotatable bonds is 5. The fraction of sp³-hybridized carbons (Fsp3) is 0.176. The van der Waals surface area contributed by atoms with Crippen LogP contribution in [0, 0.1) is 22.5 Å². The summed E-state index contributed by atoms with van der Waals surface area (Å²) in [7, 11) is 0. The van der Waals surface area contributed by atoms with E-state index >= 15 is 0 Å². The summed E-state index contributed by atoms with van der Waals surface area (Å²) in [6, 6.07) is 7.83. The smallest absolute Gasteiger partial charge is 0.433 e. The number of thiazole rings is 1. The van der Waals surface area contributed by atoms with Crippen LogP contribution in [-0.2, 0) is 6.54 Å². The Balaban J connectivity index is 2.08. The zero-order valence-corrected chi connectivity index (χ0v) is 14.5. The summed E-state index contributed by atoms with van der Waals surface area (Å²) < 4.78 is 12.9. The molecule has 2 heterocycles. The predicted octanol–water partition coefficient (Wildman–Crippen LogP) is 2.98. The van der Waals surface area contributed by atoms with E-state index in [-0.39, 0.29) is 12.3 Å². The zero-order chi connectivity index (χ0) is 18.7. The van der Waals surface area contributed by atoms with Gasteiger partial charge in [-0.15, -0.1) is 6.42 Å². The van der Waals surface area contributed by atoms with Crippen molar-refractivity contribution in [2.45, 2.75) is 13.5 Å². The number of hydrogen-bond acceptors (Lipinski definition) is 6. The highest BCUT2D eigenvalue weighted by Crippen LogP contribution is 2.23. The van der Waals surface area contributed by atoms with Crippen LogP contribution in [0.4, 0.5) is 5.88 Å². The second-order valence-electron chi connectivity index (χ2n) is 5.05. The van der Waals surface area contributed by atoms with Gasteiger partial charge in [0.2, 0.25) is 5.76 Å². The highest BCUT2D eigenvalue weighted by atomic mass is 32.1. The molecule has 8 nitrogen and oxygen atoms in total. The molecule has 0 saturated carbocycles. The Labute approximate surface area is 151 Å². The Hall–Kier alpha value is -3.38.